The van der Waals surface area contributed by atoms with Crippen LogP contribution in [0, 0.1) is 52.9 Å². The van der Waals surface area contributed by atoms with E-state index in [0.717, 1.165) is 88.6 Å². The van der Waals surface area contributed by atoms with Gasteiger partial charge in [0.2, 0.25) is 0 Å². The molecule has 72 heavy (non-hydrogen) atoms. The maximum Gasteiger partial charge on any atom is 0.417 e. The lowest BCUT2D eigenvalue weighted by Gasteiger charge is -2.20. The van der Waals surface area contributed by atoms with Gasteiger partial charge in [0.05, 0.1) is 50.5 Å². The van der Waals surface area contributed by atoms with Crippen LogP contribution in [0.25, 0.3) is 99.5 Å². The van der Waals surface area contributed by atoms with Gasteiger partial charge in [0.25, 0.3) is 0 Å². The number of benzene rings is 9. The van der Waals surface area contributed by atoms with Crippen LogP contribution in [0.3, 0.4) is 0 Å². The average molecular weight is 958 g/mol. The lowest BCUT2D eigenvalue weighted by molar-refractivity contribution is -0.142. The quantitative estimate of drug-likeness (QED) is 0.153. The van der Waals surface area contributed by atoms with Crippen molar-refractivity contribution in [1.29, 1.82) is 5.26 Å². The smallest absolute Gasteiger partial charge is 0.309 e. The van der Waals surface area contributed by atoms with Crippen molar-refractivity contribution in [2.45, 2.75) is 53.9 Å². The minimum absolute atomic E-state index is 0.0311. The van der Waals surface area contributed by atoms with E-state index in [1.807, 2.05) is 60.7 Å². The summed E-state index contributed by atoms with van der Waals surface area (Å²) < 4.78 is 91.0. The Balaban J connectivity index is 1.19. The van der Waals surface area contributed by atoms with Crippen molar-refractivity contribution in [3.05, 3.63) is 214 Å². The molecule has 9 heteroatoms. The molecule has 0 spiro atoms. The van der Waals surface area contributed by atoms with Crippen LogP contribution < -0.4 is 0 Å². The van der Waals surface area contributed by atoms with Gasteiger partial charge in [-0.05, 0) is 176 Å². The van der Waals surface area contributed by atoms with Crippen LogP contribution in [0.15, 0.2) is 164 Å². The molecule has 0 aliphatic rings. The molecule has 9 aromatic carbocycles. The van der Waals surface area contributed by atoms with Gasteiger partial charge in [-0.25, -0.2) is 0 Å². The number of fused-ring (bicyclic) bond motifs is 6. The molecule has 11 aromatic rings. The maximum absolute atomic E-state index is 14.9. The van der Waals surface area contributed by atoms with Gasteiger partial charge in [0.15, 0.2) is 0 Å². The summed E-state index contributed by atoms with van der Waals surface area (Å²) in [6.07, 6.45) is -10.1. The van der Waals surface area contributed by atoms with Gasteiger partial charge in [0, 0.05) is 38.4 Å². The molecule has 0 fully saturated rings. The standard InChI is InChI=1S/C63H45F6N3/c1-35-25-37(3)60(38(4)26-35)42-17-23-57-51(30-42)48-11-7-9-13-55(48)71(57)46-20-15-44(34-70)50(33-46)53-29-41(47-21-19-45(62(64,65)66)32-54(47)63(67,68)69)16-22-59(53)72-56-14-10-8-12-49(56)52-31-43(18-24-58(52)72)61-39(5)27-36(2)28-40(61)6/h7-33H,1-6H3. The Bertz CT molecular complexity index is 4050. The third-order valence-electron chi connectivity index (χ3n) is 14.1. The number of alkyl halides is 6. The second-order valence-corrected chi connectivity index (χ2v) is 19.0. The van der Waals surface area contributed by atoms with Crippen molar-refractivity contribution >= 4 is 43.6 Å². The SMILES string of the molecule is Cc1cc(C)c(-c2ccc3c(c2)c2ccccc2n3-c2ccc(C#N)c(-c3cc(-c4ccc(C(F)(F)F)cc4C(F)(F)F)ccc3-n3c4ccccc4c4cc(-c5c(C)cc(C)cc5C)ccc43)c2)c(C)c1. The van der Waals surface area contributed by atoms with Crippen LogP contribution in [0.4, 0.5) is 26.3 Å². The van der Waals surface area contributed by atoms with Gasteiger partial charge in [-0.3, -0.25) is 0 Å². The van der Waals surface area contributed by atoms with Crippen molar-refractivity contribution in [3.8, 4) is 62.0 Å². The third-order valence-corrected chi connectivity index (χ3v) is 14.1. The Morgan fingerprint density at radius 2 is 0.903 bits per heavy atom. The fourth-order valence-electron chi connectivity index (χ4n) is 11.4. The molecule has 2 aromatic heterocycles. The first-order chi connectivity index (χ1) is 34.4. The highest BCUT2D eigenvalue weighted by Gasteiger charge is 2.38. The zero-order chi connectivity index (χ0) is 50.5. The zero-order valence-corrected chi connectivity index (χ0v) is 40.2. The molecule has 0 saturated carbocycles. The summed E-state index contributed by atoms with van der Waals surface area (Å²) in [5, 5.41) is 14.8. The van der Waals surface area contributed by atoms with E-state index in [1.165, 1.54) is 22.8 Å². The highest BCUT2D eigenvalue weighted by Crippen LogP contribution is 2.46. The molecule has 0 aliphatic heterocycles. The van der Waals surface area contributed by atoms with E-state index >= 15 is 0 Å². The summed E-state index contributed by atoms with van der Waals surface area (Å²) >= 11 is 0. The summed E-state index contributed by atoms with van der Waals surface area (Å²) in [6.45, 7) is 12.6. The van der Waals surface area contributed by atoms with Crippen molar-refractivity contribution in [2.24, 2.45) is 0 Å². The van der Waals surface area contributed by atoms with E-state index in [-0.39, 0.29) is 17.2 Å². The summed E-state index contributed by atoms with van der Waals surface area (Å²) in [7, 11) is 0. The van der Waals surface area contributed by atoms with Crippen LogP contribution in [-0.2, 0) is 12.4 Å². The third kappa shape index (κ3) is 7.61. The number of para-hydroxylation sites is 2. The minimum atomic E-state index is -5.13. The van der Waals surface area contributed by atoms with E-state index in [0.29, 0.717) is 28.6 Å². The second kappa shape index (κ2) is 16.9. The predicted octanol–water partition coefficient (Wildman–Crippen LogP) is 18.3. The lowest BCUT2D eigenvalue weighted by Crippen LogP contribution is -2.12. The molecule has 0 radical (unpaired) electrons. The molecule has 0 amide bonds. The van der Waals surface area contributed by atoms with Crippen molar-refractivity contribution in [2.75, 3.05) is 0 Å². The number of nitrogens with zero attached hydrogens (tertiary/aromatic N) is 3. The second-order valence-electron chi connectivity index (χ2n) is 19.0. The maximum atomic E-state index is 14.9. The van der Waals surface area contributed by atoms with Crippen molar-refractivity contribution < 1.29 is 26.3 Å². The predicted molar refractivity (Wildman–Crippen MR) is 280 cm³/mol. The Morgan fingerprint density at radius 1 is 0.403 bits per heavy atom. The summed E-state index contributed by atoms with van der Waals surface area (Å²) in [4.78, 5) is 0. The van der Waals surface area contributed by atoms with Crippen molar-refractivity contribution in [1.82, 2.24) is 9.13 Å². The fourth-order valence-corrected chi connectivity index (χ4v) is 11.4. The number of aromatic nitrogens is 2. The number of nitriles is 1. The first-order valence-corrected chi connectivity index (χ1v) is 23.6. The molecule has 0 unspecified atom stereocenters. The van der Waals surface area contributed by atoms with Gasteiger partial charge in [-0.1, -0.05) is 96.1 Å². The zero-order valence-electron chi connectivity index (χ0n) is 40.2. The summed E-state index contributed by atoms with van der Waals surface area (Å²) in [5.41, 5.74) is 13.9. The molecule has 3 nitrogen and oxygen atoms in total. The van der Waals surface area contributed by atoms with E-state index in [9.17, 15) is 31.6 Å². The number of hydrogen-bond acceptors (Lipinski definition) is 1. The van der Waals surface area contributed by atoms with Gasteiger partial charge in [-0.2, -0.15) is 31.6 Å². The largest absolute Gasteiger partial charge is 0.417 e. The van der Waals surface area contributed by atoms with Crippen LogP contribution in [0.5, 0.6) is 0 Å². The van der Waals surface area contributed by atoms with Gasteiger partial charge in [0.1, 0.15) is 0 Å². The molecule has 0 N–H and O–H groups in total. The molecule has 2 heterocycles. The number of halogens is 6. The van der Waals surface area contributed by atoms with E-state index in [1.54, 1.807) is 18.2 Å². The van der Waals surface area contributed by atoms with Gasteiger partial charge in [-0.15, -0.1) is 0 Å². The van der Waals surface area contributed by atoms with E-state index in [2.05, 4.69) is 117 Å². The highest BCUT2D eigenvalue weighted by molar-refractivity contribution is 6.12. The highest BCUT2D eigenvalue weighted by atomic mass is 19.4. The molecule has 0 bridgehead atoms. The Morgan fingerprint density at radius 3 is 1.43 bits per heavy atom. The van der Waals surface area contributed by atoms with Crippen LogP contribution >= 0.6 is 0 Å². The number of hydrogen-bond donors (Lipinski definition) is 0. The molecule has 0 aliphatic carbocycles. The fraction of sp³-hybridized carbons (Fsp3) is 0.127. The molecule has 0 saturated heterocycles. The van der Waals surface area contributed by atoms with Crippen molar-refractivity contribution in [3.63, 3.8) is 0 Å². The molecule has 11 rings (SSSR count). The summed E-state index contributed by atoms with van der Waals surface area (Å²) in [6, 6.07) is 51.8. The van der Waals surface area contributed by atoms with Crippen LogP contribution in [0.1, 0.15) is 50.1 Å². The Kier molecular flexibility index (Phi) is 10.8. The van der Waals surface area contributed by atoms with Gasteiger partial charge < -0.3 is 9.13 Å². The number of aryl methyl sites for hydroxylation is 6. The Hall–Kier alpha value is -8.35. The molecule has 0 atom stereocenters. The van der Waals surface area contributed by atoms with E-state index in [4.69, 9.17) is 0 Å². The van der Waals surface area contributed by atoms with Crippen LogP contribution in [-0.4, -0.2) is 9.13 Å². The normalized spacial score (nSPS) is 12.2. The minimum Gasteiger partial charge on any atom is -0.309 e. The first-order valence-electron chi connectivity index (χ1n) is 23.6. The molecule has 354 valence electrons. The first kappa shape index (κ1) is 46.1. The van der Waals surface area contributed by atoms with Crippen LogP contribution in [0.2, 0.25) is 0 Å². The topological polar surface area (TPSA) is 33.6 Å². The van der Waals surface area contributed by atoms with E-state index < -0.39 is 29.0 Å². The monoisotopic (exact) mass is 957 g/mol. The Labute approximate surface area is 412 Å². The lowest BCUT2D eigenvalue weighted by atomic mass is 9.91. The molecular formula is C63H45F6N3. The average Bonchev–Trinajstić information content (AvgIpc) is 3.84. The molecular weight excluding hydrogens is 913 g/mol. The number of rotatable bonds is 6. The van der Waals surface area contributed by atoms with Gasteiger partial charge >= 0.3 is 12.4 Å². The summed E-state index contributed by atoms with van der Waals surface area (Å²) in [5.74, 6) is 0.